The molecule has 0 spiro atoms. The van der Waals surface area contributed by atoms with Crippen LogP contribution in [0.1, 0.15) is 25.0 Å². The van der Waals surface area contributed by atoms with Crippen molar-refractivity contribution in [2.45, 2.75) is 38.4 Å². The molecule has 2 rings (SSSR count). The lowest BCUT2D eigenvalue weighted by Gasteiger charge is -2.32. The van der Waals surface area contributed by atoms with Gasteiger partial charge in [0, 0.05) is 30.9 Å². The Morgan fingerprint density at radius 3 is 2.65 bits per heavy atom. The number of H-pyrrole nitrogens is 1. The Balaban J connectivity index is 1.78. The van der Waals surface area contributed by atoms with E-state index in [0.29, 0.717) is 25.9 Å². The second-order valence-corrected chi connectivity index (χ2v) is 5.03. The van der Waals surface area contributed by atoms with E-state index in [1.54, 1.807) is 0 Å². The molecule has 1 saturated heterocycles. The Morgan fingerprint density at radius 2 is 2.15 bits per heavy atom. The van der Waals surface area contributed by atoms with Gasteiger partial charge in [-0.15, -0.1) is 0 Å². The number of aromatic nitrogens is 2. The summed E-state index contributed by atoms with van der Waals surface area (Å²) in [5.41, 5.74) is 0.959. The first-order valence-electron chi connectivity index (χ1n) is 6.46. The first kappa shape index (κ1) is 14.7. The molecule has 0 aromatic carbocycles. The molecule has 0 aliphatic carbocycles. The number of halogens is 3. The van der Waals surface area contributed by atoms with Crippen LogP contribution in [0, 0.1) is 6.92 Å². The maximum Gasteiger partial charge on any atom is 0.397 e. The van der Waals surface area contributed by atoms with E-state index in [-0.39, 0.29) is 6.04 Å². The number of alkyl halides is 3. The molecule has 1 aromatic heterocycles. The number of rotatable bonds is 3. The Hall–Kier alpha value is -1.73. The van der Waals surface area contributed by atoms with Gasteiger partial charge in [0.05, 0.1) is 0 Å². The molecule has 0 atom stereocenters. The van der Waals surface area contributed by atoms with Gasteiger partial charge >= 0.3 is 6.18 Å². The summed E-state index contributed by atoms with van der Waals surface area (Å²) in [6, 6.07) is 1.73. The normalized spacial score (nSPS) is 17.3. The van der Waals surface area contributed by atoms with Crippen molar-refractivity contribution in [1.29, 1.82) is 0 Å². The van der Waals surface area contributed by atoms with Crippen molar-refractivity contribution < 1.29 is 18.0 Å². The quantitative estimate of drug-likeness (QED) is 0.891. The highest BCUT2D eigenvalue weighted by molar-refractivity contribution is 5.76. The molecule has 0 bridgehead atoms. The van der Waals surface area contributed by atoms with Crippen LogP contribution in [0.3, 0.4) is 0 Å². The van der Waals surface area contributed by atoms with Gasteiger partial charge in [-0.2, -0.15) is 18.3 Å². The van der Waals surface area contributed by atoms with Crippen LogP contribution in [0.2, 0.25) is 0 Å². The van der Waals surface area contributed by atoms with E-state index in [2.05, 4.69) is 20.4 Å². The fourth-order valence-corrected chi connectivity index (χ4v) is 2.28. The van der Waals surface area contributed by atoms with E-state index < -0.39 is 18.5 Å². The molecule has 0 radical (unpaired) electrons. The first-order chi connectivity index (χ1) is 9.33. The summed E-state index contributed by atoms with van der Waals surface area (Å²) in [6.07, 6.45) is -4.62. The van der Waals surface area contributed by atoms with Crippen molar-refractivity contribution in [2.24, 2.45) is 0 Å². The van der Waals surface area contributed by atoms with E-state index in [4.69, 9.17) is 0 Å². The Bertz CT molecular complexity index is 464. The second kappa shape index (κ2) is 5.72. The number of carbonyl (C=O) groups is 1. The summed E-state index contributed by atoms with van der Waals surface area (Å²) in [5, 5.41) is 9.43. The number of nitrogens with zero attached hydrogens (tertiary/aromatic N) is 2. The lowest BCUT2D eigenvalue weighted by molar-refractivity contribution is -0.154. The fraction of sp³-hybridized carbons (Fsp3) is 0.667. The van der Waals surface area contributed by atoms with Crippen LogP contribution in [0.15, 0.2) is 6.07 Å². The average Bonchev–Trinajstić information content (AvgIpc) is 2.74. The number of carbonyl (C=O) groups excluding carboxylic acids is 1. The van der Waals surface area contributed by atoms with Crippen molar-refractivity contribution in [3.05, 3.63) is 11.8 Å². The number of hydrogen-bond acceptors (Lipinski definition) is 3. The maximum atomic E-state index is 12.1. The van der Waals surface area contributed by atoms with Gasteiger partial charge in [0.2, 0.25) is 5.91 Å². The molecule has 112 valence electrons. The largest absolute Gasteiger partial charge is 0.397 e. The third kappa shape index (κ3) is 4.14. The lowest BCUT2D eigenvalue weighted by Crippen LogP contribution is -2.45. The zero-order valence-corrected chi connectivity index (χ0v) is 11.1. The van der Waals surface area contributed by atoms with Crippen molar-refractivity contribution in [1.82, 2.24) is 15.5 Å². The van der Waals surface area contributed by atoms with Crippen molar-refractivity contribution >= 4 is 11.7 Å². The minimum atomic E-state index is -4.45. The first-order valence-corrected chi connectivity index (χ1v) is 6.46. The molecule has 1 aliphatic rings. The van der Waals surface area contributed by atoms with Crippen LogP contribution in [-0.4, -0.2) is 41.4 Å². The molecular weight excluding hydrogens is 273 g/mol. The van der Waals surface area contributed by atoms with Crippen molar-refractivity contribution in [2.75, 3.05) is 18.0 Å². The Labute approximate surface area is 114 Å². The monoisotopic (exact) mass is 290 g/mol. The standard InChI is InChI=1S/C12H17F3N4O/c1-8-6-10(18-17-8)19-4-2-9(3-5-19)16-11(20)7-12(13,14)15/h6,9H,2-5,7H2,1H3,(H,16,20)(H,17,18). The van der Waals surface area contributed by atoms with Crippen LogP contribution in [0.5, 0.6) is 0 Å². The number of hydrogen-bond donors (Lipinski definition) is 2. The third-order valence-corrected chi connectivity index (χ3v) is 3.24. The number of nitrogens with one attached hydrogen (secondary N) is 2. The molecule has 0 saturated carbocycles. The lowest BCUT2D eigenvalue weighted by atomic mass is 10.0. The average molecular weight is 290 g/mol. The summed E-state index contributed by atoms with van der Waals surface area (Å²) in [5.74, 6) is -0.117. The fourth-order valence-electron chi connectivity index (χ4n) is 2.28. The van der Waals surface area contributed by atoms with Gasteiger partial charge in [0.1, 0.15) is 6.42 Å². The molecule has 20 heavy (non-hydrogen) atoms. The van der Waals surface area contributed by atoms with Crippen LogP contribution in [0.4, 0.5) is 19.0 Å². The summed E-state index contributed by atoms with van der Waals surface area (Å²) in [4.78, 5) is 13.3. The summed E-state index contributed by atoms with van der Waals surface area (Å²) >= 11 is 0. The highest BCUT2D eigenvalue weighted by Crippen LogP contribution is 2.21. The molecule has 1 amide bonds. The van der Waals surface area contributed by atoms with E-state index in [1.165, 1.54) is 0 Å². The van der Waals surface area contributed by atoms with Crippen LogP contribution in [0.25, 0.3) is 0 Å². The van der Waals surface area contributed by atoms with Gasteiger partial charge in [-0.3, -0.25) is 9.89 Å². The van der Waals surface area contributed by atoms with E-state index in [1.807, 2.05) is 13.0 Å². The van der Waals surface area contributed by atoms with E-state index in [0.717, 1.165) is 11.5 Å². The predicted octanol–water partition coefficient (Wildman–Crippen LogP) is 1.76. The zero-order valence-electron chi connectivity index (χ0n) is 11.1. The minimum Gasteiger partial charge on any atom is -0.355 e. The predicted molar refractivity (Wildman–Crippen MR) is 67.4 cm³/mol. The molecule has 2 N–H and O–H groups in total. The minimum absolute atomic E-state index is 0.193. The van der Waals surface area contributed by atoms with Crippen molar-refractivity contribution in [3.8, 4) is 0 Å². The maximum absolute atomic E-state index is 12.1. The van der Waals surface area contributed by atoms with Gasteiger partial charge in [-0.1, -0.05) is 0 Å². The summed E-state index contributed by atoms with van der Waals surface area (Å²) < 4.78 is 36.2. The summed E-state index contributed by atoms with van der Waals surface area (Å²) in [7, 11) is 0. The zero-order chi connectivity index (χ0) is 14.8. The van der Waals surface area contributed by atoms with Crippen molar-refractivity contribution in [3.63, 3.8) is 0 Å². The van der Waals surface area contributed by atoms with Gasteiger partial charge in [-0.05, 0) is 19.8 Å². The number of aromatic amines is 1. The molecular formula is C12H17F3N4O. The Kier molecular flexibility index (Phi) is 4.20. The van der Waals surface area contributed by atoms with Gasteiger partial charge in [-0.25, -0.2) is 0 Å². The smallest absolute Gasteiger partial charge is 0.355 e. The van der Waals surface area contributed by atoms with E-state index >= 15 is 0 Å². The summed E-state index contributed by atoms with van der Waals surface area (Å²) in [6.45, 7) is 3.24. The molecule has 1 aliphatic heterocycles. The number of anilines is 1. The molecule has 1 fully saturated rings. The van der Waals surface area contributed by atoms with Gasteiger partial charge in [0.15, 0.2) is 5.82 Å². The van der Waals surface area contributed by atoms with E-state index in [9.17, 15) is 18.0 Å². The van der Waals surface area contributed by atoms with Crippen LogP contribution in [-0.2, 0) is 4.79 Å². The molecule has 2 heterocycles. The SMILES string of the molecule is Cc1cc(N2CCC(NC(=O)CC(F)(F)F)CC2)n[nH]1. The molecule has 1 aromatic rings. The van der Waals surface area contributed by atoms with Gasteiger partial charge in [0.25, 0.3) is 0 Å². The Morgan fingerprint density at radius 1 is 1.50 bits per heavy atom. The molecule has 0 unspecified atom stereocenters. The van der Waals surface area contributed by atoms with Crippen LogP contribution >= 0.6 is 0 Å². The highest BCUT2D eigenvalue weighted by atomic mass is 19.4. The van der Waals surface area contributed by atoms with Gasteiger partial charge < -0.3 is 10.2 Å². The highest BCUT2D eigenvalue weighted by Gasteiger charge is 2.32. The number of piperidine rings is 1. The third-order valence-electron chi connectivity index (χ3n) is 3.24. The topological polar surface area (TPSA) is 61.0 Å². The number of amides is 1. The second-order valence-electron chi connectivity index (χ2n) is 5.03. The molecule has 5 nitrogen and oxygen atoms in total. The number of aryl methyl sites for hydroxylation is 1. The van der Waals surface area contributed by atoms with Crippen LogP contribution < -0.4 is 10.2 Å². The molecule has 8 heteroatoms.